The highest BCUT2D eigenvalue weighted by atomic mass is 16.5. The third-order valence-corrected chi connectivity index (χ3v) is 2.41. The molecule has 0 bridgehead atoms. The Morgan fingerprint density at radius 1 is 1.10 bits per heavy atom. The monoisotopic (exact) mass is 273 g/mol. The lowest BCUT2D eigenvalue weighted by molar-refractivity contribution is 0.140. The van der Waals surface area contributed by atoms with Crippen molar-refractivity contribution in [3.63, 3.8) is 0 Å². The summed E-state index contributed by atoms with van der Waals surface area (Å²) in [7, 11) is 0. The van der Waals surface area contributed by atoms with Gasteiger partial charge in [0.05, 0.1) is 0 Å². The second-order valence-electron chi connectivity index (χ2n) is 4.12. The zero-order chi connectivity index (χ0) is 14.8. The first-order chi connectivity index (χ1) is 9.61. The molecule has 2 rings (SSSR count). The Labute approximate surface area is 118 Å². The second kappa shape index (κ2) is 8.55. The van der Waals surface area contributed by atoms with Gasteiger partial charge in [0, 0.05) is 5.69 Å². The average molecular weight is 273 g/mol. The fourth-order valence-electron chi connectivity index (χ4n) is 1.33. The molecule has 0 fully saturated rings. The molecule has 106 valence electrons. The number of carbonyl (C=O) groups excluding carboxylic acids is 1. The molecule has 0 saturated heterocycles. The van der Waals surface area contributed by atoms with Crippen LogP contribution in [0, 0.1) is 6.92 Å². The lowest BCUT2D eigenvalue weighted by atomic mass is 10.2. The van der Waals surface area contributed by atoms with Gasteiger partial charge in [-0.05, 0) is 24.6 Å². The van der Waals surface area contributed by atoms with Crippen LogP contribution in [0.5, 0.6) is 0 Å². The summed E-state index contributed by atoms with van der Waals surface area (Å²) in [6.07, 6.45) is -0.626. The zero-order valence-electron chi connectivity index (χ0n) is 11.4. The SMILES string of the molecule is Cc1ccc(N)cc1.NNC(=O)OCc1ccccc1. The number of hydrogen-bond acceptors (Lipinski definition) is 4. The molecule has 5 nitrogen and oxygen atoms in total. The van der Waals surface area contributed by atoms with Gasteiger partial charge in [0.25, 0.3) is 0 Å². The molecule has 0 saturated carbocycles. The van der Waals surface area contributed by atoms with E-state index in [2.05, 4.69) is 0 Å². The van der Waals surface area contributed by atoms with Gasteiger partial charge in [-0.1, -0.05) is 48.0 Å². The molecule has 0 aromatic heterocycles. The van der Waals surface area contributed by atoms with Crippen molar-refractivity contribution < 1.29 is 9.53 Å². The van der Waals surface area contributed by atoms with Gasteiger partial charge < -0.3 is 10.5 Å². The van der Waals surface area contributed by atoms with Crippen LogP contribution in [0.1, 0.15) is 11.1 Å². The van der Waals surface area contributed by atoms with Crippen molar-refractivity contribution in [1.29, 1.82) is 0 Å². The van der Waals surface area contributed by atoms with Gasteiger partial charge in [0.2, 0.25) is 0 Å². The Kier molecular flexibility index (Phi) is 6.64. The average Bonchev–Trinajstić information content (AvgIpc) is 2.49. The summed E-state index contributed by atoms with van der Waals surface area (Å²) in [6.45, 7) is 2.28. The number of nitrogens with one attached hydrogen (secondary N) is 1. The number of benzene rings is 2. The van der Waals surface area contributed by atoms with Crippen molar-refractivity contribution in [2.24, 2.45) is 5.84 Å². The molecule has 5 heteroatoms. The van der Waals surface area contributed by atoms with Gasteiger partial charge in [-0.15, -0.1) is 0 Å². The van der Waals surface area contributed by atoms with Crippen molar-refractivity contribution in [3.8, 4) is 0 Å². The van der Waals surface area contributed by atoms with Crippen LogP contribution in [0.4, 0.5) is 10.5 Å². The van der Waals surface area contributed by atoms with Gasteiger partial charge in [0.1, 0.15) is 6.61 Å². The van der Waals surface area contributed by atoms with E-state index < -0.39 is 6.09 Å². The maximum absolute atomic E-state index is 10.5. The third-order valence-electron chi connectivity index (χ3n) is 2.41. The van der Waals surface area contributed by atoms with Crippen molar-refractivity contribution in [2.75, 3.05) is 5.73 Å². The van der Waals surface area contributed by atoms with Crippen molar-refractivity contribution in [3.05, 3.63) is 65.7 Å². The Balaban J connectivity index is 0.000000217. The topological polar surface area (TPSA) is 90.4 Å². The summed E-state index contributed by atoms with van der Waals surface area (Å²) < 4.78 is 4.70. The van der Waals surface area contributed by atoms with Crippen LogP contribution in [0.25, 0.3) is 0 Å². The van der Waals surface area contributed by atoms with Crippen LogP contribution in [-0.2, 0) is 11.3 Å². The largest absolute Gasteiger partial charge is 0.444 e. The van der Waals surface area contributed by atoms with Crippen LogP contribution < -0.4 is 17.0 Å². The first-order valence-corrected chi connectivity index (χ1v) is 6.11. The fraction of sp³-hybridized carbons (Fsp3) is 0.133. The molecular weight excluding hydrogens is 254 g/mol. The normalized spacial score (nSPS) is 9.10. The third kappa shape index (κ3) is 6.42. The minimum Gasteiger partial charge on any atom is -0.444 e. The van der Waals surface area contributed by atoms with E-state index in [0.29, 0.717) is 0 Å². The Morgan fingerprint density at radius 2 is 1.70 bits per heavy atom. The maximum Gasteiger partial charge on any atom is 0.421 e. The number of hydrogen-bond donors (Lipinski definition) is 3. The summed E-state index contributed by atoms with van der Waals surface area (Å²) in [6, 6.07) is 17.2. The molecule has 0 radical (unpaired) electrons. The lowest BCUT2D eigenvalue weighted by Crippen LogP contribution is -2.30. The number of aryl methyl sites for hydroxylation is 1. The standard InChI is InChI=1S/C8H10N2O2.C7H9N/c9-10-8(11)12-6-7-4-2-1-3-5-7;1-6-2-4-7(8)5-3-6/h1-5H,6,9H2,(H,10,11);2-5H,8H2,1H3. The van der Waals surface area contributed by atoms with Gasteiger partial charge in [-0.3, -0.25) is 5.43 Å². The Hall–Kier alpha value is -2.53. The first kappa shape index (κ1) is 15.5. The quantitative estimate of drug-likeness (QED) is 0.339. The molecule has 0 atom stereocenters. The molecule has 0 aliphatic rings. The lowest BCUT2D eigenvalue weighted by Gasteiger charge is -2.02. The molecular formula is C15H19N3O2. The van der Waals surface area contributed by atoms with Crippen LogP contribution in [-0.4, -0.2) is 6.09 Å². The first-order valence-electron chi connectivity index (χ1n) is 6.11. The molecule has 2 aromatic carbocycles. The van der Waals surface area contributed by atoms with Gasteiger partial charge in [-0.25, -0.2) is 10.6 Å². The van der Waals surface area contributed by atoms with E-state index in [1.165, 1.54) is 5.56 Å². The molecule has 0 aliphatic carbocycles. The number of amides is 1. The molecule has 5 N–H and O–H groups in total. The summed E-state index contributed by atoms with van der Waals surface area (Å²) in [5.74, 6) is 4.81. The Morgan fingerprint density at radius 3 is 2.20 bits per heavy atom. The molecule has 20 heavy (non-hydrogen) atoms. The summed E-state index contributed by atoms with van der Waals surface area (Å²) in [5, 5.41) is 0. The van der Waals surface area contributed by atoms with E-state index in [9.17, 15) is 4.79 Å². The van der Waals surface area contributed by atoms with Crippen LogP contribution >= 0.6 is 0 Å². The van der Waals surface area contributed by atoms with Crippen LogP contribution in [0.3, 0.4) is 0 Å². The van der Waals surface area contributed by atoms with E-state index in [-0.39, 0.29) is 6.61 Å². The van der Waals surface area contributed by atoms with Crippen LogP contribution in [0.2, 0.25) is 0 Å². The van der Waals surface area contributed by atoms with Crippen molar-refractivity contribution in [1.82, 2.24) is 5.43 Å². The van der Waals surface area contributed by atoms with Crippen molar-refractivity contribution >= 4 is 11.8 Å². The fourth-order valence-corrected chi connectivity index (χ4v) is 1.33. The number of anilines is 1. The second-order valence-corrected chi connectivity index (χ2v) is 4.12. The molecule has 0 heterocycles. The number of hydrazine groups is 1. The molecule has 0 unspecified atom stereocenters. The summed E-state index contributed by atoms with van der Waals surface area (Å²) in [5.41, 5.74) is 10.3. The van der Waals surface area contributed by atoms with Crippen molar-refractivity contribution in [2.45, 2.75) is 13.5 Å². The highest BCUT2D eigenvalue weighted by molar-refractivity contribution is 5.66. The van der Waals surface area contributed by atoms with E-state index in [1.54, 1.807) is 0 Å². The summed E-state index contributed by atoms with van der Waals surface area (Å²) in [4.78, 5) is 10.5. The van der Waals surface area contributed by atoms with E-state index in [1.807, 2.05) is 66.9 Å². The minimum absolute atomic E-state index is 0.240. The minimum atomic E-state index is -0.626. The van der Waals surface area contributed by atoms with Crippen LogP contribution in [0.15, 0.2) is 54.6 Å². The van der Waals surface area contributed by atoms with Gasteiger partial charge in [0.15, 0.2) is 0 Å². The Bertz CT molecular complexity index is 491. The summed E-state index contributed by atoms with van der Waals surface area (Å²) >= 11 is 0. The number of rotatable bonds is 2. The smallest absolute Gasteiger partial charge is 0.421 e. The molecule has 2 aromatic rings. The number of nitrogens with two attached hydrogens (primary N) is 2. The zero-order valence-corrected chi connectivity index (χ0v) is 11.4. The number of carbonyl (C=O) groups is 1. The maximum atomic E-state index is 10.5. The van der Waals surface area contributed by atoms with E-state index in [4.69, 9.17) is 16.3 Å². The highest BCUT2D eigenvalue weighted by Gasteiger charge is 1.97. The molecule has 0 aliphatic heterocycles. The molecule has 0 spiro atoms. The number of nitrogen functional groups attached to an aromatic ring is 1. The van der Waals surface area contributed by atoms with Gasteiger partial charge in [-0.2, -0.15) is 0 Å². The number of ether oxygens (including phenoxy) is 1. The molecule has 1 amide bonds. The van der Waals surface area contributed by atoms with E-state index in [0.717, 1.165) is 11.3 Å². The highest BCUT2D eigenvalue weighted by Crippen LogP contribution is 2.02. The van der Waals surface area contributed by atoms with E-state index >= 15 is 0 Å². The predicted octanol–water partition coefficient (Wildman–Crippen LogP) is 2.36. The van der Waals surface area contributed by atoms with Gasteiger partial charge >= 0.3 is 6.09 Å². The predicted molar refractivity (Wildman–Crippen MR) is 79.5 cm³/mol.